The van der Waals surface area contributed by atoms with Crippen LogP contribution in [0, 0.1) is 6.92 Å². The fourth-order valence-corrected chi connectivity index (χ4v) is 2.06. The molecule has 0 radical (unpaired) electrons. The number of pyridine rings is 1. The van der Waals surface area contributed by atoms with Gasteiger partial charge in [-0.05, 0) is 25.5 Å². The van der Waals surface area contributed by atoms with E-state index in [2.05, 4.69) is 34.7 Å². The Bertz CT molecular complexity index is 554. The van der Waals surface area contributed by atoms with Crippen LogP contribution in [0.1, 0.15) is 12.5 Å². The Labute approximate surface area is 107 Å². The molecule has 96 valence electrons. The highest BCUT2D eigenvalue weighted by molar-refractivity contribution is 6.01. The van der Waals surface area contributed by atoms with E-state index in [9.17, 15) is 0 Å². The summed E-state index contributed by atoms with van der Waals surface area (Å²) < 4.78 is 5.22. The number of rotatable bonds is 4. The maximum atomic E-state index is 5.22. The molecule has 0 saturated carbocycles. The largest absolute Gasteiger partial charge is 0.387 e. The van der Waals surface area contributed by atoms with Crippen molar-refractivity contribution in [3.05, 3.63) is 30.0 Å². The van der Waals surface area contributed by atoms with Gasteiger partial charge in [0.15, 0.2) is 0 Å². The van der Waals surface area contributed by atoms with Crippen LogP contribution in [0.2, 0.25) is 0 Å². The number of nitrogens with one attached hydrogen (secondary N) is 2. The number of anilines is 2. The van der Waals surface area contributed by atoms with Crippen molar-refractivity contribution in [1.82, 2.24) is 4.98 Å². The third-order valence-electron chi connectivity index (χ3n) is 3.10. The summed E-state index contributed by atoms with van der Waals surface area (Å²) in [6.45, 7) is 4.05. The summed E-state index contributed by atoms with van der Waals surface area (Å²) >= 11 is 0. The first kappa shape index (κ1) is 12.6. The molecule has 0 amide bonds. The molecule has 0 aliphatic heterocycles. The van der Waals surface area contributed by atoms with Gasteiger partial charge in [-0.1, -0.05) is 12.1 Å². The zero-order chi connectivity index (χ0) is 13.1. The number of aryl methyl sites for hydroxylation is 1. The molecule has 0 bridgehead atoms. The van der Waals surface area contributed by atoms with Crippen molar-refractivity contribution in [3.8, 4) is 0 Å². The van der Waals surface area contributed by atoms with Gasteiger partial charge in [-0.3, -0.25) is 0 Å². The highest BCUT2D eigenvalue weighted by Gasteiger charge is 2.09. The average molecular weight is 245 g/mol. The van der Waals surface area contributed by atoms with Crippen LogP contribution < -0.4 is 10.6 Å². The molecule has 0 aliphatic carbocycles. The van der Waals surface area contributed by atoms with Gasteiger partial charge >= 0.3 is 0 Å². The number of fused-ring (bicyclic) bond motifs is 1. The lowest BCUT2D eigenvalue weighted by molar-refractivity contribution is 0.141. The lowest BCUT2D eigenvalue weighted by atomic mass is 10.1. The third-order valence-corrected chi connectivity index (χ3v) is 3.10. The lowest BCUT2D eigenvalue weighted by Crippen LogP contribution is -2.17. The van der Waals surface area contributed by atoms with E-state index in [1.54, 1.807) is 7.11 Å². The Balaban J connectivity index is 2.56. The van der Waals surface area contributed by atoms with Gasteiger partial charge in [-0.25, -0.2) is 4.98 Å². The van der Waals surface area contributed by atoms with Gasteiger partial charge in [-0.15, -0.1) is 0 Å². The molecule has 0 saturated heterocycles. The fourth-order valence-electron chi connectivity index (χ4n) is 2.06. The van der Waals surface area contributed by atoms with Gasteiger partial charge in [0.1, 0.15) is 12.0 Å². The Morgan fingerprint density at radius 2 is 2.00 bits per heavy atom. The molecule has 4 nitrogen and oxygen atoms in total. The second-order valence-electron chi connectivity index (χ2n) is 4.28. The Hall–Kier alpha value is -1.81. The molecule has 1 unspecified atom stereocenters. The smallest absolute Gasteiger partial charge is 0.135 e. The van der Waals surface area contributed by atoms with E-state index in [4.69, 9.17) is 4.74 Å². The van der Waals surface area contributed by atoms with Crippen LogP contribution in [0.4, 0.5) is 11.5 Å². The number of ether oxygens (including phenoxy) is 1. The molecule has 2 aromatic rings. The van der Waals surface area contributed by atoms with E-state index in [1.165, 1.54) is 10.9 Å². The first-order valence-corrected chi connectivity index (χ1v) is 6.02. The normalized spacial score (nSPS) is 12.4. The molecule has 4 heteroatoms. The molecule has 0 fully saturated rings. The Morgan fingerprint density at radius 3 is 2.67 bits per heavy atom. The van der Waals surface area contributed by atoms with Crippen molar-refractivity contribution in [2.75, 3.05) is 24.8 Å². The molecule has 1 atom stereocenters. The maximum absolute atomic E-state index is 5.22. The molecule has 1 heterocycles. The Morgan fingerprint density at radius 1 is 1.22 bits per heavy atom. The third kappa shape index (κ3) is 2.24. The minimum Gasteiger partial charge on any atom is -0.387 e. The minimum atomic E-state index is -0.0672. The van der Waals surface area contributed by atoms with Crippen molar-refractivity contribution in [2.45, 2.75) is 20.1 Å². The quantitative estimate of drug-likeness (QED) is 0.813. The summed E-state index contributed by atoms with van der Waals surface area (Å²) in [5, 5.41) is 8.75. The number of hydrogen-bond donors (Lipinski definition) is 2. The molecular formula is C14H19N3O. The molecule has 0 aliphatic rings. The Kier molecular flexibility index (Phi) is 3.67. The second-order valence-corrected chi connectivity index (χ2v) is 4.28. The zero-order valence-electron chi connectivity index (χ0n) is 11.2. The van der Waals surface area contributed by atoms with Gasteiger partial charge in [0.2, 0.25) is 0 Å². The SMILES string of the molecule is CNc1c(C)ccc2c(NC(C)OC)nccc12. The highest BCUT2D eigenvalue weighted by Crippen LogP contribution is 2.30. The monoisotopic (exact) mass is 245 g/mol. The lowest BCUT2D eigenvalue weighted by Gasteiger charge is -2.16. The van der Waals surface area contributed by atoms with Crippen molar-refractivity contribution < 1.29 is 4.74 Å². The van der Waals surface area contributed by atoms with Crippen molar-refractivity contribution in [3.63, 3.8) is 0 Å². The predicted molar refractivity (Wildman–Crippen MR) is 76.1 cm³/mol. The molecule has 1 aromatic heterocycles. The van der Waals surface area contributed by atoms with Crippen LogP contribution in [-0.2, 0) is 4.74 Å². The van der Waals surface area contributed by atoms with Crippen LogP contribution in [0.25, 0.3) is 10.8 Å². The number of hydrogen-bond acceptors (Lipinski definition) is 4. The van der Waals surface area contributed by atoms with Gasteiger partial charge in [-0.2, -0.15) is 0 Å². The summed E-state index contributed by atoms with van der Waals surface area (Å²) in [7, 11) is 3.61. The van der Waals surface area contributed by atoms with Gasteiger partial charge in [0.05, 0.1) is 0 Å². The summed E-state index contributed by atoms with van der Waals surface area (Å²) in [6.07, 6.45) is 1.75. The van der Waals surface area contributed by atoms with Crippen LogP contribution in [0.3, 0.4) is 0 Å². The molecular weight excluding hydrogens is 226 g/mol. The van der Waals surface area contributed by atoms with Gasteiger partial charge in [0, 0.05) is 36.8 Å². The minimum absolute atomic E-state index is 0.0672. The predicted octanol–water partition coefficient (Wildman–Crippen LogP) is 2.99. The first-order chi connectivity index (χ1) is 8.67. The number of nitrogens with zero attached hydrogens (tertiary/aromatic N) is 1. The summed E-state index contributed by atoms with van der Waals surface area (Å²) in [6, 6.07) is 6.21. The first-order valence-electron chi connectivity index (χ1n) is 6.02. The average Bonchev–Trinajstić information content (AvgIpc) is 2.38. The van der Waals surface area contributed by atoms with E-state index in [1.807, 2.05) is 26.2 Å². The maximum Gasteiger partial charge on any atom is 0.135 e. The van der Waals surface area contributed by atoms with E-state index in [0.29, 0.717) is 0 Å². The number of methoxy groups -OCH3 is 1. The van der Waals surface area contributed by atoms with Gasteiger partial charge < -0.3 is 15.4 Å². The number of benzene rings is 1. The molecule has 1 aromatic carbocycles. The van der Waals surface area contributed by atoms with Crippen molar-refractivity contribution in [1.29, 1.82) is 0 Å². The standard InChI is InChI=1S/C14H19N3O/c1-9-5-6-12-11(13(9)15-3)7-8-16-14(12)17-10(2)18-4/h5-8,10,15H,1-4H3,(H,16,17). The molecule has 2 rings (SSSR count). The van der Waals surface area contributed by atoms with Crippen molar-refractivity contribution >= 4 is 22.3 Å². The zero-order valence-corrected chi connectivity index (χ0v) is 11.2. The van der Waals surface area contributed by atoms with Crippen molar-refractivity contribution in [2.24, 2.45) is 0 Å². The molecule has 0 spiro atoms. The van der Waals surface area contributed by atoms with Gasteiger partial charge in [0.25, 0.3) is 0 Å². The highest BCUT2D eigenvalue weighted by atomic mass is 16.5. The summed E-state index contributed by atoms with van der Waals surface area (Å²) in [5.41, 5.74) is 2.37. The number of aromatic nitrogens is 1. The topological polar surface area (TPSA) is 46.2 Å². The van der Waals surface area contributed by atoms with E-state index >= 15 is 0 Å². The van der Waals surface area contributed by atoms with Crippen LogP contribution in [0.15, 0.2) is 24.4 Å². The van der Waals surface area contributed by atoms with E-state index < -0.39 is 0 Å². The summed E-state index contributed by atoms with van der Waals surface area (Å²) in [5.74, 6) is 0.846. The summed E-state index contributed by atoms with van der Waals surface area (Å²) in [4.78, 5) is 4.38. The van der Waals surface area contributed by atoms with E-state index in [-0.39, 0.29) is 6.23 Å². The molecule has 18 heavy (non-hydrogen) atoms. The second kappa shape index (κ2) is 5.23. The molecule has 2 N–H and O–H groups in total. The van der Waals surface area contributed by atoms with E-state index in [0.717, 1.165) is 16.9 Å². The fraction of sp³-hybridized carbons (Fsp3) is 0.357. The van der Waals surface area contributed by atoms with Crippen LogP contribution >= 0.6 is 0 Å². The van der Waals surface area contributed by atoms with Crippen LogP contribution in [0.5, 0.6) is 0 Å². The van der Waals surface area contributed by atoms with Crippen LogP contribution in [-0.4, -0.2) is 25.4 Å².